The summed E-state index contributed by atoms with van der Waals surface area (Å²) in [4.78, 5) is 15.7. The van der Waals surface area contributed by atoms with Gasteiger partial charge in [-0.1, -0.05) is 27.7 Å². The van der Waals surface area contributed by atoms with Gasteiger partial charge in [0.25, 0.3) is 0 Å². The number of nitrogens with zero attached hydrogens (tertiary/aromatic N) is 1. The smallest absolute Gasteiger partial charge is 0.335 e. The van der Waals surface area contributed by atoms with Crippen LogP contribution in [0.3, 0.4) is 0 Å². The van der Waals surface area contributed by atoms with Crippen molar-refractivity contribution in [3.8, 4) is 0 Å². The van der Waals surface area contributed by atoms with Gasteiger partial charge in [0, 0.05) is 23.5 Å². The van der Waals surface area contributed by atoms with Gasteiger partial charge < -0.3 is 10.2 Å². The summed E-state index contributed by atoms with van der Waals surface area (Å²) in [5, 5.41) is 18.9. The first-order valence-corrected chi connectivity index (χ1v) is 7.22. The first-order valence-electron chi connectivity index (χ1n) is 6.23. The van der Waals surface area contributed by atoms with Gasteiger partial charge in [0.2, 0.25) is 0 Å². The molecule has 4 nitrogen and oxygen atoms in total. The van der Waals surface area contributed by atoms with Gasteiger partial charge in [-0.15, -0.1) is 11.8 Å². The van der Waals surface area contributed by atoms with E-state index in [9.17, 15) is 4.79 Å². The molecule has 19 heavy (non-hydrogen) atoms. The molecule has 0 aliphatic rings. The van der Waals surface area contributed by atoms with Gasteiger partial charge >= 0.3 is 5.97 Å². The van der Waals surface area contributed by atoms with E-state index in [4.69, 9.17) is 10.2 Å². The van der Waals surface area contributed by atoms with Crippen molar-refractivity contribution in [1.29, 1.82) is 0 Å². The first kappa shape index (κ1) is 16.0. The minimum atomic E-state index is -0.940. The number of thioether (sulfide) groups is 1. The van der Waals surface area contributed by atoms with Crippen molar-refractivity contribution in [3.63, 3.8) is 0 Å². The molecule has 1 unspecified atom stereocenters. The van der Waals surface area contributed by atoms with Gasteiger partial charge in [-0.3, -0.25) is 0 Å². The SMILES string of the molecule is CC(CO)CSc1cc(C(=O)O)cc(C(C)(C)C)n1. The molecule has 1 rings (SSSR count). The van der Waals surface area contributed by atoms with Crippen LogP contribution >= 0.6 is 11.8 Å². The lowest BCUT2D eigenvalue weighted by Crippen LogP contribution is -2.15. The van der Waals surface area contributed by atoms with E-state index in [-0.39, 0.29) is 23.5 Å². The van der Waals surface area contributed by atoms with Crippen LogP contribution in [0.4, 0.5) is 0 Å². The third kappa shape index (κ3) is 4.84. The zero-order valence-electron chi connectivity index (χ0n) is 11.8. The summed E-state index contributed by atoms with van der Waals surface area (Å²) >= 11 is 1.48. The highest BCUT2D eigenvalue weighted by molar-refractivity contribution is 7.99. The van der Waals surface area contributed by atoms with Crippen molar-refractivity contribution in [1.82, 2.24) is 4.98 Å². The normalized spacial score (nSPS) is 13.3. The summed E-state index contributed by atoms with van der Waals surface area (Å²) in [5.41, 5.74) is 0.842. The predicted molar refractivity (Wildman–Crippen MR) is 76.9 cm³/mol. The maximum Gasteiger partial charge on any atom is 0.335 e. The number of carboxylic acid groups (broad SMARTS) is 1. The van der Waals surface area contributed by atoms with Crippen LogP contribution in [0.15, 0.2) is 17.2 Å². The molecule has 106 valence electrons. The van der Waals surface area contributed by atoms with Crippen molar-refractivity contribution in [2.45, 2.75) is 38.1 Å². The Kier molecular flexibility index (Phi) is 5.38. The maximum atomic E-state index is 11.1. The van der Waals surface area contributed by atoms with Gasteiger partial charge in [-0.05, 0) is 18.1 Å². The maximum absolute atomic E-state index is 11.1. The topological polar surface area (TPSA) is 70.4 Å². The van der Waals surface area contributed by atoms with Crippen LogP contribution in [0.5, 0.6) is 0 Å². The minimum Gasteiger partial charge on any atom is -0.478 e. The number of hydrogen-bond acceptors (Lipinski definition) is 4. The number of aromatic carboxylic acids is 1. The van der Waals surface area contributed by atoms with E-state index in [0.29, 0.717) is 5.03 Å². The fraction of sp³-hybridized carbons (Fsp3) is 0.571. The molecule has 1 heterocycles. The molecule has 0 spiro atoms. The van der Waals surface area contributed by atoms with Gasteiger partial charge in [0.15, 0.2) is 0 Å². The van der Waals surface area contributed by atoms with E-state index < -0.39 is 5.97 Å². The number of aliphatic hydroxyl groups is 1. The summed E-state index contributed by atoms with van der Waals surface area (Å²) in [6, 6.07) is 3.22. The van der Waals surface area contributed by atoms with Crippen molar-refractivity contribution < 1.29 is 15.0 Å². The average molecular weight is 283 g/mol. The summed E-state index contributed by atoms with van der Waals surface area (Å²) in [6.45, 7) is 8.08. The zero-order valence-corrected chi connectivity index (χ0v) is 12.6. The number of carbonyl (C=O) groups is 1. The molecule has 5 heteroatoms. The molecule has 0 amide bonds. The second-order valence-electron chi connectivity index (χ2n) is 5.73. The van der Waals surface area contributed by atoms with Crippen LogP contribution in [0.2, 0.25) is 0 Å². The molecule has 0 aliphatic heterocycles. The summed E-state index contributed by atoms with van der Waals surface area (Å²) in [5.74, 6) is -0.0563. The molecular weight excluding hydrogens is 262 g/mol. The fourth-order valence-electron chi connectivity index (χ4n) is 1.37. The van der Waals surface area contributed by atoms with Crippen LogP contribution in [0.25, 0.3) is 0 Å². The lowest BCUT2D eigenvalue weighted by molar-refractivity contribution is 0.0696. The second kappa shape index (κ2) is 6.39. The van der Waals surface area contributed by atoms with Crippen molar-refractivity contribution >= 4 is 17.7 Å². The number of aromatic nitrogens is 1. The molecule has 1 aromatic rings. The Bertz CT molecular complexity index is 454. The molecule has 1 aromatic heterocycles. The monoisotopic (exact) mass is 283 g/mol. The van der Waals surface area contributed by atoms with E-state index >= 15 is 0 Å². The Hall–Kier alpha value is -1.07. The van der Waals surface area contributed by atoms with Gasteiger partial charge in [0.05, 0.1) is 10.6 Å². The molecule has 0 bridgehead atoms. The van der Waals surface area contributed by atoms with Crippen LogP contribution in [0, 0.1) is 5.92 Å². The Morgan fingerprint density at radius 1 is 1.42 bits per heavy atom. The Morgan fingerprint density at radius 3 is 2.53 bits per heavy atom. The molecular formula is C14H21NO3S. The first-order chi connectivity index (χ1) is 8.74. The van der Waals surface area contributed by atoms with Gasteiger partial charge in [0.1, 0.15) is 0 Å². The summed E-state index contributed by atoms with van der Waals surface area (Å²) in [7, 11) is 0. The molecule has 0 fully saturated rings. The van der Waals surface area contributed by atoms with Crippen LogP contribution in [-0.4, -0.2) is 33.5 Å². The Labute approximate surface area is 118 Å². The molecule has 0 aromatic carbocycles. The summed E-state index contributed by atoms with van der Waals surface area (Å²) in [6.07, 6.45) is 0. The summed E-state index contributed by atoms with van der Waals surface area (Å²) < 4.78 is 0. The fourth-order valence-corrected chi connectivity index (χ4v) is 2.30. The third-order valence-electron chi connectivity index (χ3n) is 2.64. The van der Waals surface area contributed by atoms with E-state index in [2.05, 4.69) is 4.98 Å². The molecule has 0 radical (unpaired) electrons. The van der Waals surface area contributed by atoms with Gasteiger partial charge in [-0.25, -0.2) is 9.78 Å². The highest BCUT2D eigenvalue weighted by Gasteiger charge is 2.19. The van der Waals surface area contributed by atoms with Crippen LogP contribution in [0.1, 0.15) is 43.7 Å². The molecule has 1 atom stereocenters. The third-order valence-corrected chi connectivity index (χ3v) is 3.89. The molecule has 0 aliphatic carbocycles. The number of carboxylic acids is 1. The Morgan fingerprint density at radius 2 is 2.05 bits per heavy atom. The number of pyridine rings is 1. The number of rotatable bonds is 5. The van der Waals surface area contributed by atoms with Crippen LogP contribution in [-0.2, 0) is 5.41 Å². The van der Waals surface area contributed by atoms with Crippen LogP contribution < -0.4 is 0 Å². The molecule has 0 saturated carbocycles. The number of hydrogen-bond donors (Lipinski definition) is 2. The minimum absolute atomic E-state index is 0.123. The standard InChI is InChI=1S/C14H21NO3S/c1-9(7-16)8-19-12-6-10(13(17)18)5-11(15-12)14(2,3)4/h5-6,9,16H,7-8H2,1-4H3,(H,17,18). The lowest BCUT2D eigenvalue weighted by Gasteiger charge is -2.19. The largest absolute Gasteiger partial charge is 0.478 e. The van der Waals surface area contributed by atoms with Crippen molar-refractivity contribution in [3.05, 3.63) is 23.4 Å². The van der Waals surface area contributed by atoms with E-state index in [1.807, 2.05) is 27.7 Å². The van der Waals surface area contributed by atoms with E-state index in [1.54, 1.807) is 12.1 Å². The quantitative estimate of drug-likeness (QED) is 0.813. The molecule has 0 saturated heterocycles. The second-order valence-corrected chi connectivity index (χ2v) is 6.77. The van der Waals surface area contributed by atoms with Gasteiger partial charge in [-0.2, -0.15) is 0 Å². The predicted octanol–water partition coefficient (Wildman–Crippen LogP) is 2.80. The van der Waals surface area contributed by atoms with E-state index in [1.165, 1.54) is 11.8 Å². The highest BCUT2D eigenvalue weighted by Crippen LogP contribution is 2.26. The zero-order chi connectivity index (χ0) is 14.6. The lowest BCUT2D eigenvalue weighted by atomic mass is 9.91. The van der Waals surface area contributed by atoms with Crippen molar-refractivity contribution in [2.75, 3.05) is 12.4 Å². The van der Waals surface area contributed by atoms with Crippen molar-refractivity contribution in [2.24, 2.45) is 5.92 Å². The highest BCUT2D eigenvalue weighted by atomic mass is 32.2. The molecule has 2 N–H and O–H groups in total. The van der Waals surface area contributed by atoms with E-state index in [0.717, 1.165) is 11.4 Å². The number of aliphatic hydroxyl groups excluding tert-OH is 1. The average Bonchev–Trinajstić information content (AvgIpc) is 2.34. The Balaban J connectivity index is 3.03.